The van der Waals surface area contributed by atoms with E-state index in [-0.39, 0.29) is 29.6 Å². The third kappa shape index (κ3) is 11.3. The summed E-state index contributed by atoms with van der Waals surface area (Å²) in [4.78, 5) is 69.1. The molecule has 5 aromatic rings. The number of aryl methyl sites for hydroxylation is 2. The average molecular weight is 890 g/mol. The number of ether oxygens (including phenoxy) is 1. The fraction of sp³-hybridized carbons (Fsp3) is 0.449. The third-order valence-electron chi connectivity index (χ3n) is 12.1. The van der Waals surface area contributed by atoms with Gasteiger partial charge >= 0.3 is 0 Å². The Labute approximate surface area is 378 Å². The molecule has 1 fully saturated rings. The van der Waals surface area contributed by atoms with Gasteiger partial charge in [-0.15, -0.1) is 5.10 Å². The van der Waals surface area contributed by atoms with Gasteiger partial charge in [0.1, 0.15) is 11.9 Å². The minimum atomic E-state index is -1.06. The lowest BCUT2D eigenvalue weighted by atomic mass is 9.92. The first-order chi connectivity index (χ1) is 31.0. The fourth-order valence-corrected chi connectivity index (χ4v) is 8.73. The molecule has 0 bridgehead atoms. The van der Waals surface area contributed by atoms with Crippen molar-refractivity contribution in [1.29, 1.82) is 0 Å². The number of amides is 5. The summed E-state index contributed by atoms with van der Waals surface area (Å²) in [6.07, 6.45) is 5.99. The normalized spacial score (nSPS) is 15.5. The van der Waals surface area contributed by atoms with E-state index in [0.29, 0.717) is 73.6 Å². The molecule has 2 aromatic heterocycles. The Morgan fingerprint density at radius 3 is 2.55 bits per heavy atom. The lowest BCUT2D eigenvalue weighted by Gasteiger charge is -2.31. The van der Waals surface area contributed by atoms with Gasteiger partial charge in [-0.1, -0.05) is 69.3 Å². The molecule has 16 heteroatoms. The van der Waals surface area contributed by atoms with Gasteiger partial charge in [-0.25, -0.2) is 4.39 Å². The molecule has 5 amide bonds. The molecule has 2 aliphatic rings. The van der Waals surface area contributed by atoms with E-state index < -0.39 is 29.6 Å². The Balaban J connectivity index is 0.829. The molecule has 1 unspecified atom stereocenters. The summed E-state index contributed by atoms with van der Waals surface area (Å²) in [5.74, 6) is -2.37. The molecule has 4 N–H and O–H groups in total. The Morgan fingerprint density at radius 1 is 1.03 bits per heavy atom. The first-order valence-corrected chi connectivity index (χ1v) is 22.3. The van der Waals surface area contributed by atoms with E-state index in [1.807, 2.05) is 16.9 Å². The number of hydrogen-bond acceptors (Lipinski definition) is 10. The topological polar surface area (TPSA) is 184 Å². The van der Waals surface area contributed by atoms with Gasteiger partial charge in [0.05, 0.1) is 30.0 Å². The van der Waals surface area contributed by atoms with E-state index in [0.717, 1.165) is 65.2 Å². The summed E-state index contributed by atoms with van der Waals surface area (Å²) >= 11 is 0. The van der Waals surface area contributed by atoms with Crippen molar-refractivity contribution in [1.82, 2.24) is 40.4 Å². The number of unbranched alkanes of at least 4 members (excludes halogenated alkanes) is 1. The van der Waals surface area contributed by atoms with E-state index in [1.54, 1.807) is 19.1 Å². The minimum Gasteiger partial charge on any atom is -0.384 e. The van der Waals surface area contributed by atoms with Gasteiger partial charge in [-0.2, -0.15) is 0 Å². The number of hydrogen-bond donors (Lipinski definition) is 4. The number of carbonyl (C=O) groups excluding carboxylic acids is 5. The van der Waals surface area contributed by atoms with Crippen molar-refractivity contribution in [3.63, 3.8) is 0 Å². The van der Waals surface area contributed by atoms with Gasteiger partial charge in [0.25, 0.3) is 11.8 Å². The Bertz CT molecular complexity index is 2560. The lowest BCUT2D eigenvalue weighted by molar-refractivity contribution is -0.139. The van der Waals surface area contributed by atoms with E-state index in [4.69, 9.17) is 4.74 Å². The quantitative estimate of drug-likeness (QED) is 0.0399. The molecule has 0 radical (unpaired) electrons. The predicted octanol–water partition coefficient (Wildman–Crippen LogP) is 6.20. The number of anilines is 1. The number of halogens is 1. The molecule has 65 heavy (non-hydrogen) atoms. The molecule has 344 valence electrons. The molecule has 15 nitrogen and oxygen atoms in total. The fourth-order valence-electron chi connectivity index (χ4n) is 8.73. The van der Waals surface area contributed by atoms with E-state index in [2.05, 4.69) is 95.2 Å². The summed E-state index contributed by atoms with van der Waals surface area (Å²) < 4.78 is 22.5. The highest BCUT2D eigenvalue weighted by molar-refractivity contribution is 6.11. The van der Waals surface area contributed by atoms with Gasteiger partial charge < -0.3 is 25.3 Å². The van der Waals surface area contributed by atoms with Crippen molar-refractivity contribution in [2.75, 3.05) is 45.2 Å². The van der Waals surface area contributed by atoms with Crippen LogP contribution in [0.25, 0.3) is 22.2 Å². The maximum absolute atomic E-state index is 14.3. The maximum atomic E-state index is 14.3. The number of carbonyl (C=O) groups is 5. The number of nitrogens with zero attached hydrogens (tertiary/aromatic N) is 5. The van der Waals surface area contributed by atoms with Crippen molar-refractivity contribution < 1.29 is 33.1 Å². The molecule has 0 saturated carbocycles. The van der Waals surface area contributed by atoms with Crippen LogP contribution >= 0.6 is 0 Å². The highest BCUT2D eigenvalue weighted by Gasteiger charge is 2.36. The number of imide groups is 2. The van der Waals surface area contributed by atoms with Gasteiger partial charge in [-0.3, -0.25) is 38.9 Å². The molecule has 3 aromatic carbocycles. The monoisotopic (exact) mass is 889 g/mol. The van der Waals surface area contributed by atoms with Crippen LogP contribution in [0.2, 0.25) is 0 Å². The molecule has 2 aliphatic heterocycles. The molecular weight excluding hydrogens is 830 g/mol. The lowest BCUT2D eigenvalue weighted by Crippen LogP contribution is -2.54. The summed E-state index contributed by atoms with van der Waals surface area (Å²) in [6.45, 7) is 14.4. The zero-order valence-electron chi connectivity index (χ0n) is 38.2. The minimum absolute atomic E-state index is 0.0475. The second kappa shape index (κ2) is 19.9. The zero-order chi connectivity index (χ0) is 46.5. The van der Waals surface area contributed by atoms with Crippen molar-refractivity contribution in [2.45, 2.75) is 92.3 Å². The van der Waals surface area contributed by atoms with Crippen LogP contribution in [0.3, 0.4) is 0 Å². The number of nitrogens with one attached hydrogen (secondary N) is 4. The van der Waals surface area contributed by atoms with Crippen LogP contribution in [0, 0.1) is 23.6 Å². The number of aromatic amines is 1. The standard InChI is InChI=1S/C49H60FN9O6/c1-31-10-9-12-38(42(31)47(64)59(30-60)40-17-18-41(61)54-46(40)63)52-26-48(2,3)28-65-29-49(4,5)27-58-25-35(55-56-58)11-7-8-21-57(6)24-32-13-15-33(16-14-32)44-36-19-20-51-45(62)37-22-34(50)23-39(53-44)43(36)37/h9-10,12-16,22-23,25,30,40,52-53H,7-8,11,17-21,24,26-29H2,1-6H3,(H,51,62)(H,54,61,63). The van der Waals surface area contributed by atoms with Gasteiger partial charge in [0.2, 0.25) is 18.2 Å². The van der Waals surface area contributed by atoms with Crippen LogP contribution in [0.1, 0.15) is 96.5 Å². The predicted molar refractivity (Wildman–Crippen MR) is 245 cm³/mol. The molecule has 0 spiro atoms. The smallest absolute Gasteiger partial charge is 0.263 e. The van der Waals surface area contributed by atoms with Crippen LogP contribution < -0.4 is 16.0 Å². The molecule has 4 heterocycles. The van der Waals surface area contributed by atoms with E-state index in [1.165, 1.54) is 17.7 Å². The second-order valence-electron chi connectivity index (χ2n) is 19.1. The number of piperidine rings is 1. The van der Waals surface area contributed by atoms with Gasteiger partial charge in [-0.05, 0) is 93.1 Å². The number of aromatic nitrogens is 4. The summed E-state index contributed by atoms with van der Waals surface area (Å²) in [7, 11) is 2.12. The Kier molecular flexibility index (Phi) is 14.3. The van der Waals surface area contributed by atoms with Crippen molar-refractivity contribution in [2.24, 2.45) is 10.8 Å². The van der Waals surface area contributed by atoms with Gasteiger partial charge in [0, 0.05) is 71.9 Å². The number of rotatable bonds is 20. The third-order valence-corrected chi connectivity index (χ3v) is 12.1. The molecule has 0 aliphatic carbocycles. The Hall–Kier alpha value is -6.26. The van der Waals surface area contributed by atoms with Gasteiger partial charge in [0.15, 0.2) is 0 Å². The summed E-state index contributed by atoms with van der Waals surface area (Å²) in [5, 5.41) is 18.1. The average Bonchev–Trinajstić information content (AvgIpc) is 3.80. The molecule has 7 rings (SSSR count). The Morgan fingerprint density at radius 2 is 1.80 bits per heavy atom. The number of benzene rings is 3. The van der Waals surface area contributed by atoms with E-state index >= 15 is 0 Å². The van der Waals surface area contributed by atoms with Crippen LogP contribution in [0.4, 0.5) is 10.1 Å². The number of H-pyrrole nitrogens is 1. The highest BCUT2D eigenvalue weighted by atomic mass is 19.1. The van der Waals surface area contributed by atoms with Crippen LogP contribution in [-0.4, -0.2) is 106 Å². The molecule has 1 atom stereocenters. The summed E-state index contributed by atoms with van der Waals surface area (Å²) in [5.41, 5.74) is 7.05. The largest absolute Gasteiger partial charge is 0.384 e. The first-order valence-electron chi connectivity index (χ1n) is 22.3. The zero-order valence-corrected chi connectivity index (χ0v) is 38.2. The SMILES string of the molecule is Cc1cccc(NCC(C)(C)COCC(C)(C)Cn2cc(CCCCN(C)Cc3ccc(-c4[nH]c5cc(F)cc6c5c4CCNC6=O)cc3)nn2)c1C(=O)N(C=O)C1CCC(=O)NC1=O. The maximum Gasteiger partial charge on any atom is 0.263 e. The van der Waals surface area contributed by atoms with Crippen molar-refractivity contribution in [3.8, 4) is 11.3 Å². The summed E-state index contributed by atoms with van der Waals surface area (Å²) in [6, 6.07) is 15.5. The highest BCUT2D eigenvalue weighted by Crippen LogP contribution is 2.35. The first kappa shape index (κ1) is 46.7. The molecular formula is C49H60FN9O6. The van der Waals surface area contributed by atoms with Crippen LogP contribution in [0.15, 0.2) is 60.8 Å². The second-order valence-corrected chi connectivity index (χ2v) is 19.1. The van der Waals surface area contributed by atoms with Crippen LogP contribution in [-0.2, 0) is 45.1 Å². The van der Waals surface area contributed by atoms with Crippen molar-refractivity contribution >= 4 is 46.6 Å². The van der Waals surface area contributed by atoms with Crippen molar-refractivity contribution in [3.05, 3.63) is 100 Å². The van der Waals surface area contributed by atoms with Crippen LogP contribution in [0.5, 0.6) is 0 Å². The molecule has 1 saturated heterocycles. The van der Waals surface area contributed by atoms with E-state index in [9.17, 15) is 28.4 Å².